The predicted molar refractivity (Wildman–Crippen MR) is 145 cm³/mol. The third-order valence-electron chi connectivity index (χ3n) is 6.37. The fourth-order valence-electron chi connectivity index (χ4n) is 4.43. The topological polar surface area (TPSA) is 93.5 Å². The third-order valence-corrected chi connectivity index (χ3v) is 7.38. The number of amides is 1. The van der Waals surface area contributed by atoms with Crippen LogP contribution in [0.1, 0.15) is 31.1 Å². The van der Waals surface area contributed by atoms with E-state index in [1.807, 2.05) is 41.1 Å². The van der Waals surface area contributed by atoms with Crippen LogP contribution in [0.3, 0.4) is 0 Å². The summed E-state index contributed by atoms with van der Waals surface area (Å²) in [5.41, 5.74) is 1.65. The zero-order chi connectivity index (χ0) is 26.2. The highest BCUT2D eigenvalue weighted by atomic mass is 32.1. The molecule has 0 aliphatic carbocycles. The number of pyridine rings is 1. The number of rotatable bonds is 7. The Morgan fingerprint density at radius 3 is 2.68 bits per heavy atom. The van der Waals surface area contributed by atoms with Crippen LogP contribution in [0.4, 0.5) is 15.3 Å². The molecule has 0 spiro atoms. The maximum atomic E-state index is 14.6. The van der Waals surface area contributed by atoms with E-state index in [2.05, 4.69) is 27.5 Å². The fourth-order valence-corrected chi connectivity index (χ4v) is 5.40. The fraction of sp³-hybridized carbons (Fsp3) is 0.440. The lowest BCUT2D eigenvalue weighted by Crippen LogP contribution is -2.48. The van der Waals surface area contributed by atoms with Gasteiger partial charge in [-0.25, -0.2) is 14.4 Å². The van der Waals surface area contributed by atoms with E-state index in [9.17, 15) is 9.18 Å². The van der Waals surface area contributed by atoms with E-state index < -0.39 is 0 Å². The molecule has 2 fully saturated rings. The average molecular weight is 545 g/mol. The van der Waals surface area contributed by atoms with E-state index in [-0.39, 0.29) is 36.0 Å². The Balaban J connectivity index is 1.18. The Labute approximate surface area is 224 Å². The minimum absolute atomic E-state index is 0.00858. The predicted octanol–water partition coefficient (Wildman–Crippen LogP) is 3.67. The van der Waals surface area contributed by atoms with Gasteiger partial charge in [0.25, 0.3) is 5.91 Å². The van der Waals surface area contributed by atoms with Crippen molar-refractivity contribution in [2.24, 2.45) is 0 Å². The lowest BCUT2D eigenvalue weighted by molar-refractivity contribution is -0.0895. The minimum atomic E-state index is -0.374. The first-order valence-electron chi connectivity index (χ1n) is 12.1. The molecule has 3 aromatic rings. The summed E-state index contributed by atoms with van der Waals surface area (Å²) < 4.78 is 27.7. The highest BCUT2D eigenvalue weighted by Gasteiger charge is 2.35. The molecule has 2 saturated heterocycles. The summed E-state index contributed by atoms with van der Waals surface area (Å²) >= 11 is 6.76. The summed E-state index contributed by atoms with van der Waals surface area (Å²) in [6.45, 7) is 8.59. The number of aromatic nitrogens is 3. The van der Waals surface area contributed by atoms with Crippen LogP contribution in [-0.4, -0.2) is 70.5 Å². The highest BCUT2D eigenvalue weighted by molar-refractivity contribution is 7.80. The first-order chi connectivity index (χ1) is 17.7. The van der Waals surface area contributed by atoms with Gasteiger partial charge >= 0.3 is 0 Å². The van der Waals surface area contributed by atoms with Crippen molar-refractivity contribution in [3.63, 3.8) is 0 Å². The molecule has 2 aliphatic rings. The number of hydrogen-bond acceptors (Lipinski definition) is 8. The Morgan fingerprint density at radius 2 is 1.97 bits per heavy atom. The van der Waals surface area contributed by atoms with Crippen LogP contribution >= 0.6 is 23.6 Å². The second kappa shape index (κ2) is 10.4. The number of carbonyl (C=O) groups is 1. The minimum Gasteiger partial charge on any atom is -0.376 e. The number of carbonyl (C=O) groups excluding carboxylic acids is 1. The van der Waals surface area contributed by atoms with Gasteiger partial charge in [0.2, 0.25) is 0 Å². The first-order valence-corrected chi connectivity index (χ1v) is 13.4. The van der Waals surface area contributed by atoms with Gasteiger partial charge in [-0.05, 0) is 39.0 Å². The lowest BCUT2D eigenvalue weighted by Gasteiger charge is -2.39. The molecule has 0 unspecified atom stereocenters. The zero-order valence-corrected chi connectivity index (χ0v) is 22.5. The van der Waals surface area contributed by atoms with E-state index >= 15 is 0 Å². The molecular weight excluding hydrogens is 515 g/mol. The maximum absolute atomic E-state index is 14.6. The summed E-state index contributed by atoms with van der Waals surface area (Å²) in [4.78, 5) is 24.0. The van der Waals surface area contributed by atoms with Crippen LogP contribution in [-0.2, 0) is 15.0 Å². The van der Waals surface area contributed by atoms with Gasteiger partial charge in [-0.3, -0.25) is 4.79 Å². The standard InChI is InChI=1S/C25H29FN6O3S2/c1-15-9-31(10-16(2)35-15)22-18(26)4-5-19(28-22)20-12-37-24(29-20)30-21(36)8-27-23(33)17-6-7-32(11-17)25(3)13-34-14-25/h4-7,11-12,15-16H,8-10,13-14H2,1-3H3,(H,27,33)(H,29,30,36)/t15-,16+. The van der Waals surface area contributed by atoms with E-state index in [4.69, 9.17) is 21.7 Å². The molecule has 2 atom stereocenters. The summed E-state index contributed by atoms with van der Waals surface area (Å²) in [5, 5.41) is 8.30. The second-order valence-electron chi connectivity index (χ2n) is 9.73. The van der Waals surface area contributed by atoms with Gasteiger partial charge in [0.15, 0.2) is 16.8 Å². The van der Waals surface area contributed by atoms with Crippen LogP contribution in [0.25, 0.3) is 11.4 Å². The SMILES string of the molecule is C[C@@H]1CN(c2nc(-c3csc(NC(=S)CNC(=O)c4ccn(C5(C)COC5)c4)n3)ccc2F)C[C@H](C)O1. The van der Waals surface area contributed by atoms with Gasteiger partial charge in [0.1, 0.15) is 10.7 Å². The number of thiocarbonyl (C=S) groups is 1. The van der Waals surface area contributed by atoms with Crippen molar-refractivity contribution in [2.45, 2.75) is 38.5 Å². The Bertz CT molecular complexity index is 1300. The van der Waals surface area contributed by atoms with E-state index in [0.29, 0.717) is 59.2 Å². The van der Waals surface area contributed by atoms with Crippen LogP contribution in [0.15, 0.2) is 36.0 Å². The summed E-state index contributed by atoms with van der Waals surface area (Å²) in [7, 11) is 0. The number of ether oxygens (including phenoxy) is 2. The molecule has 0 radical (unpaired) electrons. The van der Waals surface area contributed by atoms with Crippen molar-refractivity contribution < 1.29 is 18.7 Å². The summed E-state index contributed by atoms with van der Waals surface area (Å²) in [6.07, 6.45) is 3.69. The molecule has 0 aromatic carbocycles. The number of thiazole rings is 1. The number of hydrogen-bond donors (Lipinski definition) is 2. The number of anilines is 2. The van der Waals surface area contributed by atoms with Crippen LogP contribution in [0, 0.1) is 5.82 Å². The van der Waals surface area contributed by atoms with Crippen molar-refractivity contribution in [1.29, 1.82) is 0 Å². The molecule has 37 heavy (non-hydrogen) atoms. The summed E-state index contributed by atoms with van der Waals surface area (Å²) in [6, 6.07) is 4.82. The van der Waals surface area contributed by atoms with Crippen molar-refractivity contribution in [2.75, 3.05) is 43.1 Å². The molecule has 9 nitrogen and oxygen atoms in total. The molecule has 0 bridgehead atoms. The Kier molecular flexibility index (Phi) is 7.26. The zero-order valence-electron chi connectivity index (χ0n) is 20.9. The molecule has 2 aliphatic heterocycles. The molecule has 12 heteroatoms. The molecule has 2 N–H and O–H groups in total. The quantitative estimate of drug-likeness (QED) is 0.436. The number of morpholine rings is 1. The molecule has 0 saturated carbocycles. The molecular formula is C25H29FN6O3S2. The van der Waals surface area contributed by atoms with Gasteiger partial charge in [-0.2, -0.15) is 0 Å². The lowest BCUT2D eigenvalue weighted by atomic mass is 10.0. The van der Waals surface area contributed by atoms with Crippen molar-refractivity contribution in [3.05, 3.63) is 47.4 Å². The average Bonchev–Trinajstić information content (AvgIpc) is 3.51. The normalized spacial score (nSPS) is 20.8. The molecule has 3 aromatic heterocycles. The smallest absolute Gasteiger partial charge is 0.253 e. The largest absolute Gasteiger partial charge is 0.376 e. The van der Waals surface area contributed by atoms with Crippen LogP contribution in [0.5, 0.6) is 0 Å². The molecule has 1 amide bonds. The first kappa shape index (κ1) is 25.7. The van der Waals surface area contributed by atoms with E-state index in [0.717, 1.165) is 0 Å². The molecule has 196 valence electrons. The number of halogens is 1. The van der Waals surface area contributed by atoms with Crippen molar-refractivity contribution in [3.8, 4) is 11.4 Å². The molecule has 5 rings (SSSR count). The second-order valence-corrected chi connectivity index (χ2v) is 11.1. The monoisotopic (exact) mass is 544 g/mol. The van der Waals surface area contributed by atoms with Crippen LogP contribution in [0.2, 0.25) is 0 Å². The maximum Gasteiger partial charge on any atom is 0.253 e. The van der Waals surface area contributed by atoms with Crippen molar-refractivity contribution >= 4 is 45.4 Å². The Hall–Kier alpha value is -2.93. The third kappa shape index (κ3) is 5.66. The van der Waals surface area contributed by atoms with Gasteiger partial charge in [0, 0.05) is 30.9 Å². The summed E-state index contributed by atoms with van der Waals surface area (Å²) in [5.74, 6) is -0.282. The number of nitrogens with zero attached hydrogens (tertiary/aromatic N) is 4. The van der Waals surface area contributed by atoms with Gasteiger partial charge in [-0.15, -0.1) is 11.3 Å². The van der Waals surface area contributed by atoms with Crippen molar-refractivity contribution in [1.82, 2.24) is 19.9 Å². The Morgan fingerprint density at radius 1 is 1.22 bits per heavy atom. The molecule has 5 heterocycles. The van der Waals surface area contributed by atoms with Crippen LogP contribution < -0.4 is 15.5 Å². The van der Waals surface area contributed by atoms with E-state index in [1.54, 1.807) is 12.1 Å². The highest BCUT2D eigenvalue weighted by Crippen LogP contribution is 2.29. The van der Waals surface area contributed by atoms with Gasteiger partial charge < -0.3 is 29.6 Å². The van der Waals surface area contributed by atoms with E-state index in [1.165, 1.54) is 17.4 Å². The van der Waals surface area contributed by atoms with Gasteiger partial charge in [-0.1, -0.05) is 12.2 Å². The number of nitrogens with one attached hydrogen (secondary N) is 2. The van der Waals surface area contributed by atoms with Gasteiger partial charge in [0.05, 0.1) is 48.8 Å².